The van der Waals surface area contributed by atoms with Crippen LogP contribution >= 0.6 is 0 Å². The fourth-order valence-corrected chi connectivity index (χ4v) is 1.51. The number of pyridine rings is 1. The van der Waals surface area contributed by atoms with E-state index in [2.05, 4.69) is 10.1 Å². The van der Waals surface area contributed by atoms with Gasteiger partial charge in [0.1, 0.15) is 0 Å². The van der Waals surface area contributed by atoms with Crippen molar-refractivity contribution in [1.29, 1.82) is 0 Å². The molecule has 0 amide bonds. The second-order valence-corrected chi connectivity index (χ2v) is 3.35. The summed E-state index contributed by atoms with van der Waals surface area (Å²) in [6.45, 7) is 1.97. The van der Waals surface area contributed by atoms with Gasteiger partial charge >= 0.3 is 0 Å². The number of rotatable bonds is 2. The van der Waals surface area contributed by atoms with E-state index in [-0.39, 0.29) is 0 Å². The van der Waals surface area contributed by atoms with Crippen LogP contribution in [0.4, 0.5) is 0 Å². The molecule has 0 aromatic carbocycles. The summed E-state index contributed by atoms with van der Waals surface area (Å²) in [5.74, 6) is 0. The molecule has 0 aliphatic rings. The van der Waals surface area contributed by atoms with E-state index in [0.29, 0.717) is 5.56 Å². The van der Waals surface area contributed by atoms with E-state index in [1.165, 1.54) is 0 Å². The molecule has 0 saturated carbocycles. The summed E-state index contributed by atoms with van der Waals surface area (Å²) in [6, 6.07) is 1.83. The van der Waals surface area contributed by atoms with Gasteiger partial charge in [-0.3, -0.25) is 14.5 Å². The average molecular weight is 201 g/mol. The first-order valence-corrected chi connectivity index (χ1v) is 4.62. The van der Waals surface area contributed by atoms with E-state index in [9.17, 15) is 4.79 Å². The summed E-state index contributed by atoms with van der Waals surface area (Å²) < 4.78 is 1.78. The highest BCUT2D eigenvalue weighted by Crippen LogP contribution is 2.24. The molecule has 0 aliphatic carbocycles. The lowest BCUT2D eigenvalue weighted by Crippen LogP contribution is -1.94. The van der Waals surface area contributed by atoms with Crippen molar-refractivity contribution in [2.45, 2.75) is 6.92 Å². The largest absolute Gasteiger partial charge is 0.298 e. The zero-order chi connectivity index (χ0) is 10.8. The molecule has 0 fully saturated rings. The molecule has 0 atom stereocenters. The highest BCUT2D eigenvalue weighted by atomic mass is 16.1. The van der Waals surface area contributed by atoms with Crippen LogP contribution in [0.25, 0.3) is 11.1 Å². The Kier molecular flexibility index (Phi) is 2.33. The minimum atomic E-state index is 0.591. The summed E-state index contributed by atoms with van der Waals surface area (Å²) in [6.07, 6.45) is 5.82. The molecule has 0 unspecified atom stereocenters. The highest BCUT2D eigenvalue weighted by molar-refractivity contribution is 5.87. The average Bonchev–Trinajstić information content (AvgIpc) is 2.60. The Balaban J connectivity index is 2.63. The molecule has 0 radical (unpaired) electrons. The zero-order valence-electron chi connectivity index (χ0n) is 8.64. The molecule has 2 aromatic heterocycles. The summed E-state index contributed by atoms with van der Waals surface area (Å²) in [4.78, 5) is 14.8. The minimum absolute atomic E-state index is 0.591. The van der Waals surface area contributed by atoms with Gasteiger partial charge in [0.05, 0.1) is 6.20 Å². The number of hydrogen-bond donors (Lipinski definition) is 0. The summed E-state index contributed by atoms with van der Waals surface area (Å²) in [5, 5.41) is 4.15. The van der Waals surface area contributed by atoms with Crippen molar-refractivity contribution in [2.24, 2.45) is 7.05 Å². The van der Waals surface area contributed by atoms with Crippen molar-refractivity contribution in [3.8, 4) is 11.1 Å². The molecule has 4 nitrogen and oxygen atoms in total. The quantitative estimate of drug-likeness (QED) is 0.693. The molecule has 0 spiro atoms. The number of carbonyl (C=O) groups excluding carboxylic acids is 1. The molecular weight excluding hydrogens is 190 g/mol. The molecule has 2 rings (SSSR count). The van der Waals surface area contributed by atoms with Gasteiger partial charge in [-0.05, 0) is 18.6 Å². The van der Waals surface area contributed by atoms with Gasteiger partial charge in [-0.1, -0.05) is 0 Å². The first kappa shape index (κ1) is 9.58. The molecule has 0 aliphatic heterocycles. The Hall–Kier alpha value is -1.97. The van der Waals surface area contributed by atoms with Crippen molar-refractivity contribution in [3.63, 3.8) is 0 Å². The highest BCUT2D eigenvalue weighted by Gasteiger charge is 2.09. The molecule has 4 heteroatoms. The fraction of sp³-hybridized carbons (Fsp3) is 0.182. The molecule has 76 valence electrons. The van der Waals surface area contributed by atoms with Gasteiger partial charge in [0.2, 0.25) is 0 Å². The number of hydrogen-bond acceptors (Lipinski definition) is 3. The molecule has 2 aromatic rings. The van der Waals surface area contributed by atoms with Crippen LogP contribution in [0.2, 0.25) is 0 Å². The Bertz CT molecular complexity index is 502. The lowest BCUT2D eigenvalue weighted by molar-refractivity contribution is 0.112. The molecule has 2 heterocycles. The van der Waals surface area contributed by atoms with Crippen molar-refractivity contribution in [2.75, 3.05) is 0 Å². The van der Waals surface area contributed by atoms with E-state index in [1.54, 1.807) is 23.3 Å². The third-order valence-electron chi connectivity index (χ3n) is 2.50. The van der Waals surface area contributed by atoms with Gasteiger partial charge in [-0.25, -0.2) is 0 Å². The smallest absolute Gasteiger partial charge is 0.152 e. The molecule has 0 N–H and O–H groups in total. The van der Waals surface area contributed by atoms with Crippen LogP contribution in [0.15, 0.2) is 24.7 Å². The van der Waals surface area contributed by atoms with Crippen LogP contribution in [-0.2, 0) is 7.05 Å². The molecule has 0 bridgehead atoms. The van der Waals surface area contributed by atoms with Gasteiger partial charge in [-0.15, -0.1) is 0 Å². The fourth-order valence-electron chi connectivity index (χ4n) is 1.51. The Morgan fingerprint density at radius 2 is 2.13 bits per heavy atom. The summed E-state index contributed by atoms with van der Waals surface area (Å²) in [5.41, 5.74) is 3.48. The first-order chi connectivity index (χ1) is 7.24. The van der Waals surface area contributed by atoms with Crippen molar-refractivity contribution >= 4 is 6.29 Å². The lowest BCUT2D eigenvalue weighted by atomic mass is 10.0. The third-order valence-corrected chi connectivity index (χ3v) is 2.50. The van der Waals surface area contributed by atoms with E-state index in [0.717, 1.165) is 23.1 Å². The van der Waals surface area contributed by atoms with Gasteiger partial charge in [0, 0.05) is 36.3 Å². The number of nitrogens with zero attached hydrogens (tertiary/aromatic N) is 3. The van der Waals surface area contributed by atoms with E-state index >= 15 is 0 Å². The maximum atomic E-state index is 10.9. The van der Waals surface area contributed by atoms with Crippen molar-refractivity contribution < 1.29 is 4.79 Å². The topological polar surface area (TPSA) is 47.8 Å². The Labute approximate surface area is 87.6 Å². The number of aromatic nitrogens is 3. The first-order valence-electron chi connectivity index (χ1n) is 4.62. The predicted molar refractivity (Wildman–Crippen MR) is 56.6 cm³/mol. The number of aryl methyl sites for hydroxylation is 1. The maximum Gasteiger partial charge on any atom is 0.152 e. The minimum Gasteiger partial charge on any atom is -0.298 e. The van der Waals surface area contributed by atoms with Crippen molar-refractivity contribution in [3.05, 3.63) is 35.9 Å². The lowest BCUT2D eigenvalue weighted by Gasteiger charge is -2.02. The van der Waals surface area contributed by atoms with Crippen LogP contribution in [-0.4, -0.2) is 21.1 Å². The number of aldehydes is 1. The van der Waals surface area contributed by atoms with Gasteiger partial charge in [0.15, 0.2) is 6.29 Å². The Morgan fingerprint density at radius 3 is 2.73 bits per heavy atom. The van der Waals surface area contributed by atoms with E-state index in [1.807, 2.05) is 20.0 Å². The SMILES string of the molecule is Cc1c(-c2ccncc2C=O)cnn1C. The van der Waals surface area contributed by atoms with Crippen LogP contribution < -0.4 is 0 Å². The normalized spacial score (nSPS) is 10.3. The van der Waals surface area contributed by atoms with Gasteiger partial charge in [-0.2, -0.15) is 5.10 Å². The van der Waals surface area contributed by atoms with E-state index in [4.69, 9.17) is 0 Å². The molecule has 0 saturated heterocycles. The zero-order valence-corrected chi connectivity index (χ0v) is 8.64. The van der Waals surface area contributed by atoms with Gasteiger partial charge < -0.3 is 0 Å². The predicted octanol–water partition coefficient (Wildman–Crippen LogP) is 1.60. The second-order valence-electron chi connectivity index (χ2n) is 3.35. The third kappa shape index (κ3) is 1.54. The van der Waals surface area contributed by atoms with Crippen molar-refractivity contribution in [1.82, 2.24) is 14.8 Å². The summed E-state index contributed by atoms with van der Waals surface area (Å²) >= 11 is 0. The molecular formula is C11H11N3O. The monoisotopic (exact) mass is 201 g/mol. The molecule has 15 heavy (non-hydrogen) atoms. The van der Waals surface area contributed by atoms with Crippen LogP contribution in [0.3, 0.4) is 0 Å². The summed E-state index contributed by atoms with van der Waals surface area (Å²) in [7, 11) is 1.88. The maximum absolute atomic E-state index is 10.9. The Morgan fingerprint density at radius 1 is 1.33 bits per heavy atom. The van der Waals surface area contributed by atoms with Crippen LogP contribution in [0.1, 0.15) is 16.1 Å². The van der Waals surface area contributed by atoms with Crippen LogP contribution in [0, 0.1) is 6.92 Å². The number of carbonyl (C=O) groups is 1. The van der Waals surface area contributed by atoms with Gasteiger partial charge in [0.25, 0.3) is 0 Å². The van der Waals surface area contributed by atoms with E-state index < -0.39 is 0 Å². The second kappa shape index (κ2) is 3.65. The standard InChI is InChI=1S/C11H11N3O/c1-8-11(6-13-14(8)2)10-3-4-12-5-9(10)7-15/h3-7H,1-2H3. The van der Waals surface area contributed by atoms with Crippen LogP contribution in [0.5, 0.6) is 0 Å².